The first-order valence-electron chi connectivity index (χ1n) is 6.43. The SMILES string of the molecule is CCC(C)N(C)CCNc1cnc(C(=O)OC)cn1. The summed E-state index contributed by atoms with van der Waals surface area (Å²) in [7, 11) is 3.42. The summed E-state index contributed by atoms with van der Waals surface area (Å²) >= 11 is 0. The standard InChI is InChI=1S/C13H22N4O2/c1-5-10(2)17(3)7-6-14-12-9-15-11(8-16-12)13(18)19-4/h8-10H,5-7H2,1-4H3,(H,14,16). The van der Waals surface area contributed by atoms with Crippen molar-refractivity contribution in [3.05, 3.63) is 18.1 Å². The summed E-state index contributed by atoms with van der Waals surface area (Å²) < 4.78 is 4.56. The van der Waals surface area contributed by atoms with Crippen LogP contribution in [0.25, 0.3) is 0 Å². The van der Waals surface area contributed by atoms with E-state index in [4.69, 9.17) is 0 Å². The van der Waals surface area contributed by atoms with Crippen molar-refractivity contribution in [1.82, 2.24) is 14.9 Å². The lowest BCUT2D eigenvalue weighted by Gasteiger charge is -2.23. The molecule has 0 radical (unpaired) electrons. The average Bonchev–Trinajstić information content (AvgIpc) is 2.46. The third kappa shape index (κ3) is 4.82. The number of ether oxygens (including phenoxy) is 1. The van der Waals surface area contributed by atoms with E-state index >= 15 is 0 Å². The number of hydrogen-bond acceptors (Lipinski definition) is 6. The fraction of sp³-hybridized carbons (Fsp3) is 0.615. The zero-order valence-corrected chi connectivity index (χ0v) is 12.0. The van der Waals surface area contributed by atoms with Crippen molar-refractivity contribution in [3.63, 3.8) is 0 Å². The summed E-state index contributed by atoms with van der Waals surface area (Å²) in [4.78, 5) is 21.6. The van der Waals surface area contributed by atoms with E-state index < -0.39 is 5.97 Å². The molecule has 0 fully saturated rings. The molecule has 1 aromatic rings. The molecule has 1 heterocycles. The van der Waals surface area contributed by atoms with Crippen LogP contribution in [0.3, 0.4) is 0 Å². The highest BCUT2D eigenvalue weighted by Gasteiger charge is 2.08. The molecule has 0 aliphatic rings. The summed E-state index contributed by atoms with van der Waals surface area (Å²) in [5.74, 6) is 0.181. The number of anilines is 1. The van der Waals surface area contributed by atoms with Gasteiger partial charge in [0.1, 0.15) is 5.82 Å². The van der Waals surface area contributed by atoms with Gasteiger partial charge in [0, 0.05) is 19.1 Å². The number of nitrogens with one attached hydrogen (secondary N) is 1. The monoisotopic (exact) mass is 266 g/mol. The normalized spacial score (nSPS) is 12.3. The molecule has 1 aromatic heterocycles. The first-order valence-corrected chi connectivity index (χ1v) is 6.43. The van der Waals surface area contributed by atoms with Crippen LogP contribution in [-0.4, -0.2) is 54.1 Å². The Balaban J connectivity index is 2.40. The molecule has 1 atom stereocenters. The minimum Gasteiger partial charge on any atom is -0.464 e. The van der Waals surface area contributed by atoms with Gasteiger partial charge in [0.05, 0.1) is 19.5 Å². The molecule has 0 saturated heterocycles. The quantitative estimate of drug-likeness (QED) is 0.753. The van der Waals surface area contributed by atoms with E-state index in [0.29, 0.717) is 11.9 Å². The van der Waals surface area contributed by atoms with Gasteiger partial charge in [-0.1, -0.05) is 6.92 Å². The molecular weight excluding hydrogens is 244 g/mol. The average molecular weight is 266 g/mol. The molecule has 0 aliphatic carbocycles. The number of aromatic nitrogens is 2. The van der Waals surface area contributed by atoms with Crippen molar-refractivity contribution < 1.29 is 9.53 Å². The molecule has 1 unspecified atom stereocenters. The number of methoxy groups -OCH3 is 1. The molecule has 0 spiro atoms. The predicted octanol–water partition coefficient (Wildman–Crippen LogP) is 1.41. The zero-order chi connectivity index (χ0) is 14.3. The van der Waals surface area contributed by atoms with Gasteiger partial charge in [-0.3, -0.25) is 0 Å². The molecule has 0 amide bonds. The Morgan fingerprint density at radius 1 is 1.47 bits per heavy atom. The number of rotatable bonds is 7. The molecule has 0 saturated carbocycles. The van der Waals surface area contributed by atoms with Crippen molar-refractivity contribution in [2.45, 2.75) is 26.3 Å². The van der Waals surface area contributed by atoms with Gasteiger partial charge in [-0.15, -0.1) is 0 Å². The molecule has 19 heavy (non-hydrogen) atoms. The number of carbonyl (C=O) groups excluding carboxylic acids is 1. The lowest BCUT2D eigenvalue weighted by Crippen LogP contribution is -2.32. The minimum atomic E-state index is -0.476. The topological polar surface area (TPSA) is 67.4 Å². The van der Waals surface area contributed by atoms with Gasteiger partial charge >= 0.3 is 5.97 Å². The second-order valence-electron chi connectivity index (χ2n) is 4.44. The summed E-state index contributed by atoms with van der Waals surface area (Å²) in [6.07, 6.45) is 4.08. The number of likely N-dealkylation sites (N-methyl/N-ethyl adjacent to an activating group) is 1. The molecule has 6 heteroatoms. The predicted molar refractivity (Wildman–Crippen MR) is 74.2 cm³/mol. The van der Waals surface area contributed by atoms with E-state index in [1.165, 1.54) is 19.5 Å². The van der Waals surface area contributed by atoms with Gasteiger partial charge in [-0.2, -0.15) is 0 Å². The maximum Gasteiger partial charge on any atom is 0.358 e. The molecule has 0 bridgehead atoms. The van der Waals surface area contributed by atoms with Crippen LogP contribution in [0.2, 0.25) is 0 Å². The van der Waals surface area contributed by atoms with Gasteiger partial charge < -0.3 is 15.0 Å². The van der Waals surface area contributed by atoms with E-state index in [-0.39, 0.29) is 5.69 Å². The Hall–Kier alpha value is -1.69. The number of esters is 1. The molecular formula is C13H22N4O2. The van der Waals surface area contributed by atoms with Crippen molar-refractivity contribution in [2.75, 3.05) is 32.6 Å². The lowest BCUT2D eigenvalue weighted by molar-refractivity contribution is 0.0593. The second kappa shape index (κ2) is 7.68. The van der Waals surface area contributed by atoms with Crippen LogP contribution < -0.4 is 5.32 Å². The van der Waals surface area contributed by atoms with Crippen molar-refractivity contribution in [1.29, 1.82) is 0 Å². The summed E-state index contributed by atoms with van der Waals surface area (Å²) in [6, 6.07) is 0.564. The second-order valence-corrected chi connectivity index (χ2v) is 4.44. The Kier molecular flexibility index (Phi) is 6.21. The maximum absolute atomic E-state index is 11.2. The van der Waals surface area contributed by atoms with Crippen LogP contribution >= 0.6 is 0 Å². The van der Waals surface area contributed by atoms with Crippen LogP contribution in [0.15, 0.2) is 12.4 Å². The lowest BCUT2D eigenvalue weighted by atomic mass is 10.2. The smallest absolute Gasteiger partial charge is 0.358 e. The first-order chi connectivity index (χ1) is 9.08. The summed E-state index contributed by atoms with van der Waals surface area (Å²) in [5.41, 5.74) is 0.213. The van der Waals surface area contributed by atoms with Crippen molar-refractivity contribution in [2.24, 2.45) is 0 Å². The zero-order valence-electron chi connectivity index (χ0n) is 12.0. The summed E-state index contributed by atoms with van der Waals surface area (Å²) in [5, 5.41) is 3.17. The molecule has 106 valence electrons. The highest BCUT2D eigenvalue weighted by Crippen LogP contribution is 2.03. The van der Waals surface area contributed by atoms with E-state index in [2.05, 4.69) is 45.8 Å². The van der Waals surface area contributed by atoms with Gasteiger partial charge in [-0.25, -0.2) is 14.8 Å². The van der Waals surface area contributed by atoms with Crippen LogP contribution in [0.5, 0.6) is 0 Å². The molecule has 0 aliphatic heterocycles. The van der Waals surface area contributed by atoms with Gasteiger partial charge in [0.15, 0.2) is 5.69 Å². The first kappa shape index (κ1) is 15.4. The van der Waals surface area contributed by atoms with Gasteiger partial charge in [0.25, 0.3) is 0 Å². The van der Waals surface area contributed by atoms with Crippen molar-refractivity contribution in [3.8, 4) is 0 Å². The Morgan fingerprint density at radius 3 is 2.74 bits per heavy atom. The van der Waals surface area contributed by atoms with Gasteiger partial charge in [0.2, 0.25) is 0 Å². The van der Waals surface area contributed by atoms with E-state index in [0.717, 1.165) is 19.5 Å². The van der Waals surface area contributed by atoms with Crippen molar-refractivity contribution >= 4 is 11.8 Å². The third-order valence-corrected chi connectivity index (χ3v) is 3.16. The maximum atomic E-state index is 11.2. The third-order valence-electron chi connectivity index (χ3n) is 3.16. The number of hydrogen-bond donors (Lipinski definition) is 1. The number of nitrogens with zero attached hydrogens (tertiary/aromatic N) is 3. The molecule has 0 aromatic carbocycles. The van der Waals surface area contributed by atoms with Crippen LogP contribution in [0.4, 0.5) is 5.82 Å². The van der Waals surface area contributed by atoms with E-state index in [9.17, 15) is 4.79 Å². The van der Waals surface area contributed by atoms with Crippen LogP contribution in [0.1, 0.15) is 30.8 Å². The Bertz CT molecular complexity index is 394. The molecule has 6 nitrogen and oxygen atoms in total. The summed E-state index contributed by atoms with van der Waals surface area (Å²) in [6.45, 7) is 6.08. The Labute approximate surface area is 114 Å². The highest BCUT2D eigenvalue weighted by molar-refractivity contribution is 5.86. The highest BCUT2D eigenvalue weighted by atomic mass is 16.5. The fourth-order valence-electron chi connectivity index (χ4n) is 1.52. The minimum absolute atomic E-state index is 0.213. The largest absolute Gasteiger partial charge is 0.464 e. The van der Waals surface area contributed by atoms with E-state index in [1.54, 1.807) is 0 Å². The molecule has 1 rings (SSSR count). The molecule has 1 N–H and O–H groups in total. The fourth-order valence-corrected chi connectivity index (χ4v) is 1.52. The Morgan fingerprint density at radius 2 is 2.21 bits per heavy atom. The van der Waals surface area contributed by atoms with Crippen LogP contribution in [0, 0.1) is 0 Å². The van der Waals surface area contributed by atoms with Gasteiger partial charge in [-0.05, 0) is 20.4 Å². The number of carbonyl (C=O) groups is 1. The van der Waals surface area contributed by atoms with E-state index in [1.807, 2.05) is 0 Å². The van der Waals surface area contributed by atoms with Crippen LogP contribution in [-0.2, 0) is 4.74 Å².